The second-order valence-corrected chi connectivity index (χ2v) is 5.21. The van der Waals surface area contributed by atoms with Gasteiger partial charge in [0.2, 0.25) is 0 Å². The lowest BCUT2D eigenvalue weighted by Gasteiger charge is -2.16. The number of nitrogens with two attached hydrogens (primary N) is 1. The van der Waals surface area contributed by atoms with Gasteiger partial charge in [-0.1, -0.05) is 24.1 Å². The van der Waals surface area contributed by atoms with E-state index in [0.29, 0.717) is 12.0 Å². The Labute approximate surface area is 104 Å². The Kier molecular flexibility index (Phi) is 4.06. The number of ether oxygens (including phenoxy) is 1. The standard InChI is InChI=1S/C15H23NO/c1-11-6-9-15(17-2)13(10-11)8-7-12-4-3-5-14(12)16/h6,9-10,12,14H,3-5,7-8,16H2,1-2H3. The van der Waals surface area contributed by atoms with Crippen LogP contribution >= 0.6 is 0 Å². The molecular formula is C15H23NO. The Morgan fingerprint density at radius 3 is 2.82 bits per heavy atom. The maximum atomic E-state index is 6.11. The van der Waals surface area contributed by atoms with Gasteiger partial charge < -0.3 is 10.5 Å². The van der Waals surface area contributed by atoms with Gasteiger partial charge in [0.25, 0.3) is 0 Å². The molecule has 2 N–H and O–H groups in total. The third-order valence-electron chi connectivity index (χ3n) is 3.94. The maximum Gasteiger partial charge on any atom is 0.122 e. The van der Waals surface area contributed by atoms with Gasteiger partial charge in [0.15, 0.2) is 0 Å². The zero-order chi connectivity index (χ0) is 12.3. The minimum atomic E-state index is 0.422. The van der Waals surface area contributed by atoms with Crippen molar-refractivity contribution in [2.45, 2.75) is 45.1 Å². The predicted octanol–water partition coefficient (Wildman–Crippen LogP) is 3.06. The van der Waals surface area contributed by atoms with E-state index in [9.17, 15) is 0 Å². The summed E-state index contributed by atoms with van der Waals surface area (Å²) >= 11 is 0. The summed E-state index contributed by atoms with van der Waals surface area (Å²) in [7, 11) is 1.75. The first kappa shape index (κ1) is 12.4. The smallest absolute Gasteiger partial charge is 0.122 e. The van der Waals surface area contributed by atoms with Crippen LogP contribution in [0.25, 0.3) is 0 Å². The second kappa shape index (κ2) is 5.54. The molecule has 1 saturated carbocycles. The monoisotopic (exact) mass is 233 g/mol. The van der Waals surface area contributed by atoms with Crippen molar-refractivity contribution in [3.05, 3.63) is 29.3 Å². The number of methoxy groups -OCH3 is 1. The van der Waals surface area contributed by atoms with Gasteiger partial charge in [-0.2, -0.15) is 0 Å². The Hall–Kier alpha value is -1.02. The molecule has 0 heterocycles. The summed E-state index contributed by atoms with van der Waals surface area (Å²) < 4.78 is 5.41. The highest BCUT2D eigenvalue weighted by Crippen LogP contribution is 2.30. The third-order valence-corrected chi connectivity index (χ3v) is 3.94. The molecule has 0 saturated heterocycles. The average Bonchev–Trinajstić information content (AvgIpc) is 2.72. The van der Waals surface area contributed by atoms with Gasteiger partial charge in [-0.25, -0.2) is 0 Å². The topological polar surface area (TPSA) is 35.2 Å². The minimum absolute atomic E-state index is 0.422. The molecule has 2 rings (SSSR count). The van der Waals surface area contributed by atoms with Gasteiger partial charge in [0.05, 0.1) is 7.11 Å². The molecule has 17 heavy (non-hydrogen) atoms. The number of aryl methyl sites for hydroxylation is 2. The molecule has 2 nitrogen and oxygen atoms in total. The van der Waals surface area contributed by atoms with Crippen LogP contribution in [-0.4, -0.2) is 13.2 Å². The van der Waals surface area contributed by atoms with Crippen LogP contribution in [0.4, 0.5) is 0 Å². The van der Waals surface area contributed by atoms with E-state index in [-0.39, 0.29) is 0 Å². The van der Waals surface area contributed by atoms with Crippen molar-refractivity contribution in [1.82, 2.24) is 0 Å². The van der Waals surface area contributed by atoms with Gasteiger partial charge in [-0.05, 0) is 50.2 Å². The summed E-state index contributed by atoms with van der Waals surface area (Å²) in [5.41, 5.74) is 8.74. The first-order valence-electron chi connectivity index (χ1n) is 6.60. The van der Waals surface area contributed by atoms with Crippen molar-refractivity contribution in [1.29, 1.82) is 0 Å². The van der Waals surface area contributed by atoms with Crippen LogP contribution in [0.3, 0.4) is 0 Å². The quantitative estimate of drug-likeness (QED) is 0.867. The SMILES string of the molecule is COc1ccc(C)cc1CCC1CCCC1N. The lowest BCUT2D eigenvalue weighted by atomic mass is 9.94. The molecule has 0 radical (unpaired) electrons. The van der Waals surface area contributed by atoms with Crippen molar-refractivity contribution in [3.8, 4) is 5.75 Å². The summed E-state index contributed by atoms with van der Waals surface area (Å²) in [5.74, 6) is 1.72. The van der Waals surface area contributed by atoms with Crippen molar-refractivity contribution in [3.63, 3.8) is 0 Å². The molecule has 1 fully saturated rings. The zero-order valence-electron chi connectivity index (χ0n) is 10.9. The highest BCUT2D eigenvalue weighted by molar-refractivity contribution is 5.36. The molecule has 0 aromatic heterocycles. The normalized spacial score (nSPS) is 23.9. The molecule has 2 atom stereocenters. The van der Waals surface area contributed by atoms with Crippen LogP contribution in [0.5, 0.6) is 5.75 Å². The molecule has 1 aliphatic rings. The first-order chi connectivity index (χ1) is 8.20. The van der Waals surface area contributed by atoms with Gasteiger partial charge in [0.1, 0.15) is 5.75 Å². The van der Waals surface area contributed by atoms with E-state index < -0.39 is 0 Å². The molecule has 2 unspecified atom stereocenters. The molecule has 0 amide bonds. The van der Waals surface area contributed by atoms with E-state index in [1.807, 2.05) is 0 Å². The molecule has 0 spiro atoms. The average molecular weight is 233 g/mol. The lowest BCUT2D eigenvalue weighted by Crippen LogP contribution is -2.24. The van der Waals surface area contributed by atoms with Crippen LogP contribution < -0.4 is 10.5 Å². The van der Waals surface area contributed by atoms with Crippen molar-refractivity contribution < 1.29 is 4.74 Å². The van der Waals surface area contributed by atoms with Crippen LogP contribution in [0.1, 0.15) is 36.8 Å². The maximum absolute atomic E-state index is 6.11. The van der Waals surface area contributed by atoms with Crippen LogP contribution in [0.2, 0.25) is 0 Å². The van der Waals surface area contributed by atoms with Crippen molar-refractivity contribution in [2.75, 3.05) is 7.11 Å². The second-order valence-electron chi connectivity index (χ2n) is 5.21. The predicted molar refractivity (Wildman–Crippen MR) is 71.4 cm³/mol. The Bertz CT molecular complexity index is 375. The fourth-order valence-electron chi connectivity index (χ4n) is 2.87. The zero-order valence-corrected chi connectivity index (χ0v) is 10.9. The molecule has 94 valence electrons. The largest absolute Gasteiger partial charge is 0.496 e. The first-order valence-corrected chi connectivity index (χ1v) is 6.60. The summed E-state index contributed by atoms with van der Waals surface area (Å²) in [6, 6.07) is 6.83. The summed E-state index contributed by atoms with van der Waals surface area (Å²) in [4.78, 5) is 0. The molecule has 0 bridgehead atoms. The van der Waals surface area contributed by atoms with Gasteiger partial charge in [-0.3, -0.25) is 0 Å². The Morgan fingerprint density at radius 2 is 2.18 bits per heavy atom. The molecule has 1 aromatic carbocycles. The third kappa shape index (κ3) is 3.01. The molecule has 1 aliphatic carbocycles. The minimum Gasteiger partial charge on any atom is -0.496 e. The highest BCUT2D eigenvalue weighted by atomic mass is 16.5. The van der Waals surface area contributed by atoms with E-state index in [0.717, 1.165) is 12.2 Å². The van der Waals surface area contributed by atoms with Crippen molar-refractivity contribution >= 4 is 0 Å². The summed E-state index contributed by atoms with van der Waals surface area (Å²) in [6.07, 6.45) is 6.09. The van der Waals surface area contributed by atoms with Gasteiger partial charge in [0, 0.05) is 6.04 Å². The van der Waals surface area contributed by atoms with E-state index >= 15 is 0 Å². The van der Waals surface area contributed by atoms with Gasteiger partial charge in [-0.15, -0.1) is 0 Å². The summed E-state index contributed by atoms with van der Waals surface area (Å²) in [6.45, 7) is 2.13. The summed E-state index contributed by atoms with van der Waals surface area (Å²) in [5, 5.41) is 0. The van der Waals surface area contributed by atoms with Crippen molar-refractivity contribution in [2.24, 2.45) is 11.7 Å². The van der Waals surface area contributed by atoms with Crippen LogP contribution in [-0.2, 0) is 6.42 Å². The Morgan fingerprint density at radius 1 is 1.35 bits per heavy atom. The Balaban J connectivity index is 2.00. The number of benzene rings is 1. The highest BCUT2D eigenvalue weighted by Gasteiger charge is 2.23. The van der Waals surface area contributed by atoms with E-state index in [2.05, 4.69) is 25.1 Å². The number of hydrogen-bond donors (Lipinski definition) is 1. The lowest BCUT2D eigenvalue weighted by molar-refractivity contribution is 0.401. The molecule has 0 aliphatic heterocycles. The molecule has 1 aromatic rings. The van der Waals surface area contributed by atoms with E-state index in [4.69, 9.17) is 10.5 Å². The molecule has 2 heteroatoms. The van der Waals surface area contributed by atoms with Crippen LogP contribution in [0, 0.1) is 12.8 Å². The van der Waals surface area contributed by atoms with E-state index in [1.165, 1.54) is 36.8 Å². The van der Waals surface area contributed by atoms with Gasteiger partial charge >= 0.3 is 0 Å². The fraction of sp³-hybridized carbons (Fsp3) is 0.600. The number of hydrogen-bond acceptors (Lipinski definition) is 2. The van der Waals surface area contributed by atoms with Crippen LogP contribution in [0.15, 0.2) is 18.2 Å². The number of rotatable bonds is 4. The molecular weight excluding hydrogens is 210 g/mol. The van der Waals surface area contributed by atoms with E-state index in [1.54, 1.807) is 7.11 Å². The fourth-order valence-corrected chi connectivity index (χ4v) is 2.87.